The summed E-state index contributed by atoms with van der Waals surface area (Å²) in [6.45, 7) is 3.03. The number of anilines is 1. The molecule has 2 aromatic carbocycles. The molecule has 1 unspecified atom stereocenters. The standard InChI is InChI=1S/C20H22N4O5S3/c1-13-3-2-10-24(12-13)32(28,29)15-6-4-14(5-7-15)19(25)23-20-22-17-9-8-16(31(21,26)27)11-18(17)30-20/h4-9,11,13H,2-3,10,12H2,1H3,(H2,21,26,27)(H,22,23,25). The topological polar surface area (TPSA) is 140 Å². The number of nitrogens with zero attached hydrogens (tertiary/aromatic N) is 2. The van der Waals surface area contributed by atoms with Crippen LogP contribution < -0.4 is 10.5 Å². The van der Waals surface area contributed by atoms with Gasteiger partial charge in [-0.2, -0.15) is 4.31 Å². The first-order chi connectivity index (χ1) is 15.0. The maximum Gasteiger partial charge on any atom is 0.257 e. The van der Waals surface area contributed by atoms with Gasteiger partial charge in [0, 0.05) is 18.7 Å². The molecule has 1 aliphatic rings. The molecule has 12 heteroatoms. The summed E-state index contributed by atoms with van der Waals surface area (Å²) in [7, 11) is -7.44. The number of aromatic nitrogens is 1. The molecule has 32 heavy (non-hydrogen) atoms. The van der Waals surface area contributed by atoms with Crippen LogP contribution in [0.15, 0.2) is 52.3 Å². The van der Waals surface area contributed by atoms with Gasteiger partial charge in [-0.15, -0.1) is 0 Å². The smallest absolute Gasteiger partial charge is 0.257 e. The third-order valence-corrected chi connectivity index (χ3v) is 9.01. The molecule has 0 spiro atoms. The first-order valence-electron chi connectivity index (χ1n) is 9.89. The highest BCUT2D eigenvalue weighted by atomic mass is 32.2. The number of rotatable bonds is 5. The fourth-order valence-corrected chi connectivity index (χ4v) is 6.71. The number of amides is 1. The second-order valence-corrected chi connectivity index (χ2v) is 12.3. The summed E-state index contributed by atoms with van der Waals surface area (Å²) in [5, 5.41) is 8.10. The SMILES string of the molecule is CC1CCCN(S(=O)(=O)c2ccc(C(=O)Nc3nc4ccc(S(N)(=O)=O)cc4s3)cc2)C1. The lowest BCUT2D eigenvalue weighted by Gasteiger charge is -2.30. The zero-order valence-electron chi connectivity index (χ0n) is 17.2. The van der Waals surface area contributed by atoms with Crippen molar-refractivity contribution < 1.29 is 21.6 Å². The summed E-state index contributed by atoms with van der Waals surface area (Å²) in [5.41, 5.74) is 0.801. The van der Waals surface area contributed by atoms with Gasteiger partial charge in [-0.3, -0.25) is 10.1 Å². The maximum absolute atomic E-state index is 12.9. The molecule has 1 aromatic heterocycles. The van der Waals surface area contributed by atoms with Crippen molar-refractivity contribution in [1.82, 2.24) is 9.29 Å². The van der Waals surface area contributed by atoms with Crippen LogP contribution in [0.2, 0.25) is 0 Å². The molecule has 3 N–H and O–H groups in total. The van der Waals surface area contributed by atoms with Gasteiger partial charge < -0.3 is 0 Å². The molecule has 0 aliphatic carbocycles. The van der Waals surface area contributed by atoms with E-state index >= 15 is 0 Å². The van der Waals surface area contributed by atoms with E-state index in [1.165, 1.54) is 46.8 Å². The summed E-state index contributed by atoms with van der Waals surface area (Å²) in [6, 6.07) is 10.1. The van der Waals surface area contributed by atoms with E-state index in [4.69, 9.17) is 5.14 Å². The Bertz CT molecular complexity index is 1380. The number of carbonyl (C=O) groups is 1. The fraction of sp³-hybridized carbons (Fsp3) is 0.300. The molecule has 4 rings (SSSR count). The number of primary sulfonamides is 1. The number of fused-ring (bicyclic) bond motifs is 1. The molecule has 3 aromatic rings. The van der Waals surface area contributed by atoms with E-state index in [1.807, 2.05) is 6.92 Å². The van der Waals surface area contributed by atoms with Crippen LogP contribution in [0.25, 0.3) is 10.2 Å². The van der Waals surface area contributed by atoms with Crippen LogP contribution >= 0.6 is 11.3 Å². The lowest BCUT2D eigenvalue weighted by atomic mass is 10.0. The third-order valence-electron chi connectivity index (χ3n) is 5.28. The van der Waals surface area contributed by atoms with E-state index in [2.05, 4.69) is 10.3 Å². The van der Waals surface area contributed by atoms with Gasteiger partial charge in [0.15, 0.2) is 5.13 Å². The van der Waals surface area contributed by atoms with Gasteiger partial charge in [-0.1, -0.05) is 18.3 Å². The Balaban J connectivity index is 1.50. The average molecular weight is 495 g/mol. The molecule has 1 saturated heterocycles. The number of sulfonamides is 2. The van der Waals surface area contributed by atoms with E-state index in [0.717, 1.165) is 24.2 Å². The number of nitrogens with one attached hydrogen (secondary N) is 1. The summed E-state index contributed by atoms with van der Waals surface area (Å²) in [4.78, 5) is 17.0. The monoisotopic (exact) mass is 494 g/mol. The summed E-state index contributed by atoms with van der Waals surface area (Å²) in [6.07, 6.45) is 1.85. The summed E-state index contributed by atoms with van der Waals surface area (Å²) >= 11 is 1.11. The highest BCUT2D eigenvalue weighted by Crippen LogP contribution is 2.28. The summed E-state index contributed by atoms with van der Waals surface area (Å²) in [5.74, 6) is -0.135. The Morgan fingerprint density at radius 3 is 2.47 bits per heavy atom. The van der Waals surface area contributed by atoms with Crippen molar-refractivity contribution >= 4 is 52.6 Å². The summed E-state index contributed by atoms with van der Waals surface area (Å²) < 4.78 is 50.8. The highest BCUT2D eigenvalue weighted by molar-refractivity contribution is 7.89. The van der Waals surface area contributed by atoms with Gasteiger partial charge in [0.1, 0.15) is 0 Å². The van der Waals surface area contributed by atoms with Crippen LogP contribution in [0, 0.1) is 5.92 Å². The zero-order chi connectivity index (χ0) is 23.1. The van der Waals surface area contributed by atoms with Gasteiger partial charge >= 0.3 is 0 Å². The minimum Gasteiger partial charge on any atom is -0.298 e. The van der Waals surface area contributed by atoms with Crippen LogP contribution in [0.1, 0.15) is 30.1 Å². The van der Waals surface area contributed by atoms with Gasteiger partial charge in [0.2, 0.25) is 20.0 Å². The number of hydrogen-bond donors (Lipinski definition) is 2. The predicted molar refractivity (Wildman–Crippen MR) is 123 cm³/mol. The fourth-order valence-electron chi connectivity index (χ4n) is 3.60. The molecule has 1 aliphatic heterocycles. The molecule has 0 radical (unpaired) electrons. The largest absolute Gasteiger partial charge is 0.298 e. The molecule has 0 bridgehead atoms. The Morgan fingerprint density at radius 1 is 1.12 bits per heavy atom. The van der Waals surface area contributed by atoms with Gasteiger partial charge in [-0.05, 0) is 61.2 Å². The van der Waals surface area contributed by atoms with E-state index in [1.54, 1.807) is 0 Å². The maximum atomic E-state index is 12.9. The lowest BCUT2D eigenvalue weighted by Crippen LogP contribution is -2.39. The molecular weight excluding hydrogens is 472 g/mol. The van der Waals surface area contributed by atoms with Crippen molar-refractivity contribution in [3.05, 3.63) is 48.0 Å². The molecule has 0 saturated carbocycles. The number of piperidine rings is 1. The van der Waals surface area contributed by atoms with E-state index in [0.29, 0.717) is 29.2 Å². The Hall–Kier alpha value is -2.38. The molecule has 1 fully saturated rings. The molecule has 1 amide bonds. The Morgan fingerprint density at radius 2 is 1.81 bits per heavy atom. The lowest BCUT2D eigenvalue weighted by molar-refractivity contribution is 0.102. The van der Waals surface area contributed by atoms with Crippen LogP contribution in [-0.2, 0) is 20.0 Å². The molecular formula is C20H22N4O5S3. The van der Waals surface area contributed by atoms with Crippen molar-refractivity contribution in [2.45, 2.75) is 29.6 Å². The van der Waals surface area contributed by atoms with Crippen LogP contribution in [0.5, 0.6) is 0 Å². The number of nitrogens with two attached hydrogens (primary N) is 1. The number of carbonyl (C=O) groups excluding carboxylic acids is 1. The Kier molecular flexibility index (Phi) is 6.07. The molecule has 2 heterocycles. The first kappa shape index (κ1) is 22.8. The average Bonchev–Trinajstić information content (AvgIpc) is 3.14. The second kappa shape index (κ2) is 8.52. The van der Waals surface area contributed by atoms with Crippen molar-refractivity contribution in [1.29, 1.82) is 0 Å². The number of benzene rings is 2. The second-order valence-electron chi connectivity index (χ2n) is 7.78. The zero-order valence-corrected chi connectivity index (χ0v) is 19.6. The van der Waals surface area contributed by atoms with E-state index in [-0.39, 0.29) is 20.5 Å². The third kappa shape index (κ3) is 4.69. The highest BCUT2D eigenvalue weighted by Gasteiger charge is 2.28. The Labute approximate surface area is 190 Å². The van der Waals surface area contributed by atoms with Crippen LogP contribution in [0.3, 0.4) is 0 Å². The van der Waals surface area contributed by atoms with Crippen LogP contribution in [0.4, 0.5) is 5.13 Å². The normalized spacial score (nSPS) is 18.0. The minimum atomic E-state index is -3.84. The quantitative estimate of drug-likeness (QED) is 0.559. The van der Waals surface area contributed by atoms with Crippen molar-refractivity contribution in [3.8, 4) is 0 Å². The predicted octanol–water partition coefficient (Wildman–Crippen LogP) is 2.62. The van der Waals surface area contributed by atoms with E-state index < -0.39 is 26.0 Å². The number of hydrogen-bond acceptors (Lipinski definition) is 7. The van der Waals surface area contributed by atoms with Crippen molar-refractivity contribution in [2.75, 3.05) is 18.4 Å². The van der Waals surface area contributed by atoms with Gasteiger partial charge in [0.25, 0.3) is 5.91 Å². The van der Waals surface area contributed by atoms with Crippen LogP contribution in [-0.4, -0.2) is 45.1 Å². The van der Waals surface area contributed by atoms with Gasteiger partial charge in [-0.25, -0.2) is 27.0 Å². The van der Waals surface area contributed by atoms with Crippen molar-refractivity contribution in [2.24, 2.45) is 11.1 Å². The minimum absolute atomic E-state index is 0.0357. The molecule has 170 valence electrons. The van der Waals surface area contributed by atoms with Gasteiger partial charge in [0.05, 0.1) is 20.0 Å². The molecule has 9 nitrogen and oxygen atoms in total. The van der Waals surface area contributed by atoms with Crippen molar-refractivity contribution in [3.63, 3.8) is 0 Å². The molecule has 1 atom stereocenters. The van der Waals surface area contributed by atoms with E-state index in [9.17, 15) is 21.6 Å². The number of thiazole rings is 1. The first-order valence-corrected chi connectivity index (χ1v) is 13.7.